The second kappa shape index (κ2) is 53.2. The molecule has 0 rings (SSSR count). The van der Waals surface area contributed by atoms with E-state index in [0.29, 0.717) is 19.3 Å². The van der Waals surface area contributed by atoms with E-state index in [0.717, 1.165) is 70.6 Å². The molecule has 6 heteroatoms. The molecule has 0 saturated carbocycles. The molecule has 0 saturated heterocycles. The summed E-state index contributed by atoms with van der Waals surface area (Å²) >= 11 is 0. The minimum Gasteiger partial charge on any atom is -0.462 e. The number of ether oxygens (including phenoxy) is 3. The molecule has 0 N–H and O–H groups in total. The molecule has 6 nitrogen and oxygen atoms in total. The normalized spacial score (nSPS) is 12.2. The van der Waals surface area contributed by atoms with Crippen LogP contribution >= 0.6 is 0 Å². The van der Waals surface area contributed by atoms with Crippen molar-refractivity contribution in [2.75, 3.05) is 13.2 Å². The maximum atomic E-state index is 12.8. The van der Waals surface area contributed by atoms with E-state index in [4.69, 9.17) is 14.2 Å². The first-order chi connectivity index (χ1) is 31.5. The highest BCUT2D eigenvalue weighted by atomic mass is 16.6. The van der Waals surface area contributed by atoms with Gasteiger partial charge in [-0.15, -0.1) is 0 Å². The molecule has 64 heavy (non-hydrogen) atoms. The summed E-state index contributed by atoms with van der Waals surface area (Å²) in [4.78, 5) is 38.1. The van der Waals surface area contributed by atoms with Gasteiger partial charge in [0.1, 0.15) is 13.2 Å². The third-order valence-corrected chi connectivity index (χ3v) is 12.4. The van der Waals surface area contributed by atoms with Gasteiger partial charge in [-0.3, -0.25) is 14.4 Å². The Morgan fingerprint density at radius 2 is 0.562 bits per heavy atom. The monoisotopic (exact) mass is 899 g/mol. The first-order valence-corrected chi connectivity index (χ1v) is 28.0. The second-order valence-electron chi connectivity index (χ2n) is 18.8. The van der Waals surface area contributed by atoms with Crippen molar-refractivity contribution in [1.29, 1.82) is 0 Å². The lowest BCUT2D eigenvalue weighted by atomic mass is 10.0. The van der Waals surface area contributed by atoms with Gasteiger partial charge in [-0.05, 0) is 77.0 Å². The number of carbonyl (C=O) groups excluding carboxylic acids is 3. The van der Waals surface area contributed by atoms with E-state index in [1.807, 2.05) is 0 Å². The molecule has 0 heterocycles. The van der Waals surface area contributed by atoms with Crippen LogP contribution in [0.2, 0.25) is 0 Å². The average Bonchev–Trinajstić information content (AvgIpc) is 3.29. The summed E-state index contributed by atoms with van der Waals surface area (Å²) in [6, 6.07) is 0. The summed E-state index contributed by atoms with van der Waals surface area (Å²) in [6.07, 6.45) is 62.7. The van der Waals surface area contributed by atoms with Crippen LogP contribution < -0.4 is 0 Å². The van der Waals surface area contributed by atoms with Gasteiger partial charge in [0.05, 0.1) is 0 Å². The van der Waals surface area contributed by atoms with Gasteiger partial charge in [-0.1, -0.05) is 237 Å². The zero-order valence-electron chi connectivity index (χ0n) is 42.8. The Morgan fingerprint density at radius 1 is 0.312 bits per heavy atom. The molecule has 0 aromatic rings. The van der Waals surface area contributed by atoms with E-state index in [1.165, 1.54) is 186 Å². The summed E-state index contributed by atoms with van der Waals surface area (Å²) in [6.45, 7) is 6.62. The molecule has 1 atom stereocenters. The Kier molecular flexibility index (Phi) is 51.3. The van der Waals surface area contributed by atoms with Gasteiger partial charge in [0, 0.05) is 19.3 Å². The summed E-state index contributed by atoms with van der Waals surface area (Å²) < 4.78 is 16.8. The Morgan fingerprint density at radius 3 is 0.922 bits per heavy atom. The largest absolute Gasteiger partial charge is 0.462 e. The third kappa shape index (κ3) is 50.6. The van der Waals surface area contributed by atoms with Crippen LogP contribution in [-0.2, 0) is 28.6 Å². The highest BCUT2D eigenvalue weighted by molar-refractivity contribution is 5.71. The smallest absolute Gasteiger partial charge is 0.306 e. The van der Waals surface area contributed by atoms with Crippen molar-refractivity contribution in [2.24, 2.45) is 0 Å². The lowest BCUT2D eigenvalue weighted by molar-refractivity contribution is -0.167. The van der Waals surface area contributed by atoms with Crippen LogP contribution in [0.5, 0.6) is 0 Å². The van der Waals surface area contributed by atoms with Crippen LogP contribution in [0.15, 0.2) is 36.5 Å². The lowest BCUT2D eigenvalue weighted by Gasteiger charge is -2.18. The first kappa shape index (κ1) is 61.6. The molecule has 0 amide bonds. The fourth-order valence-corrected chi connectivity index (χ4v) is 8.12. The molecule has 0 aromatic carbocycles. The molecule has 374 valence electrons. The number of esters is 3. The molecule has 0 radical (unpaired) electrons. The van der Waals surface area contributed by atoms with Crippen LogP contribution in [0, 0.1) is 0 Å². The highest BCUT2D eigenvalue weighted by Crippen LogP contribution is 2.16. The van der Waals surface area contributed by atoms with Crippen molar-refractivity contribution in [1.82, 2.24) is 0 Å². The van der Waals surface area contributed by atoms with Crippen LogP contribution in [0.3, 0.4) is 0 Å². The number of hydrogen-bond donors (Lipinski definition) is 0. The molecular weight excluding hydrogens is 793 g/mol. The standard InChI is InChI=1S/C58H106O6/c1-4-7-10-13-16-19-22-25-27-28-29-30-31-34-36-39-42-45-48-51-57(60)63-54-55(53-62-56(59)50-47-44-41-38-35-32-24-21-18-15-12-9-6-3)64-58(61)52-49-46-43-40-37-33-26-23-20-17-14-11-8-5-2/h16,19,21,24-25,27,55H,4-15,17-18,20,22-23,26,28-54H2,1-3H3/b19-16-,24-21-,27-25-/t55-/m1/s1. The zero-order valence-corrected chi connectivity index (χ0v) is 42.8. The average molecular weight is 899 g/mol. The number of hydrogen-bond acceptors (Lipinski definition) is 6. The van der Waals surface area contributed by atoms with E-state index in [1.54, 1.807) is 0 Å². The van der Waals surface area contributed by atoms with Gasteiger partial charge in [0.15, 0.2) is 6.10 Å². The van der Waals surface area contributed by atoms with Gasteiger partial charge in [-0.25, -0.2) is 0 Å². The molecule has 0 bridgehead atoms. The fourth-order valence-electron chi connectivity index (χ4n) is 8.12. The predicted molar refractivity (Wildman–Crippen MR) is 275 cm³/mol. The van der Waals surface area contributed by atoms with Crippen LogP contribution in [0.1, 0.15) is 297 Å². The molecule has 0 aromatic heterocycles. The molecule has 0 spiro atoms. The third-order valence-electron chi connectivity index (χ3n) is 12.4. The van der Waals surface area contributed by atoms with Crippen molar-refractivity contribution in [3.05, 3.63) is 36.5 Å². The molecule has 0 fully saturated rings. The van der Waals surface area contributed by atoms with E-state index >= 15 is 0 Å². The summed E-state index contributed by atoms with van der Waals surface area (Å²) in [7, 11) is 0. The number of allylic oxidation sites excluding steroid dienone is 6. The van der Waals surface area contributed by atoms with Gasteiger partial charge in [0.25, 0.3) is 0 Å². The summed E-state index contributed by atoms with van der Waals surface area (Å²) in [5.74, 6) is -0.871. The van der Waals surface area contributed by atoms with Gasteiger partial charge in [0.2, 0.25) is 0 Å². The second-order valence-corrected chi connectivity index (χ2v) is 18.8. The summed E-state index contributed by atoms with van der Waals surface area (Å²) in [5.41, 5.74) is 0. The van der Waals surface area contributed by atoms with E-state index in [-0.39, 0.29) is 31.1 Å². The maximum absolute atomic E-state index is 12.8. The van der Waals surface area contributed by atoms with Gasteiger partial charge < -0.3 is 14.2 Å². The van der Waals surface area contributed by atoms with Crippen LogP contribution in [-0.4, -0.2) is 37.2 Å². The van der Waals surface area contributed by atoms with Crippen molar-refractivity contribution in [3.63, 3.8) is 0 Å². The maximum Gasteiger partial charge on any atom is 0.306 e. The van der Waals surface area contributed by atoms with Gasteiger partial charge >= 0.3 is 17.9 Å². The predicted octanol–water partition coefficient (Wildman–Crippen LogP) is 18.5. The Labute approximate surface area is 397 Å². The Balaban J connectivity index is 4.33. The topological polar surface area (TPSA) is 78.9 Å². The van der Waals surface area contributed by atoms with E-state index in [9.17, 15) is 14.4 Å². The number of unbranched alkanes of at least 4 members (excludes halogenated alkanes) is 34. The number of rotatable bonds is 51. The SMILES string of the molecule is CCCCC/C=C\C/C=C\CCCCCCCCCCCC(=O)OC[C@@H](COC(=O)CCCCCCC/C=C\CCCCCC)OC(=O)CCCCCCCCCCCCCCCC. The lowest BCUT2D eigenvalue weighted by Crippen LogP contribution is -2.30. The summed E-state index contributed by atoms with van der Waals surface area (Å²) in [5, 5.41) is 0. The quantitative estimate of drug-likeness (QED) is 0.0262. The molecule has 0 aliphatic heterocycles. The zero-order chi connectivity index (χ0) is 46.5. The van der Waals surface area contributed by atoms with E-state index in [2.05, 4.69) is 57.2 Å². The van der Waals surface area contributed by atoms with Crippen molar-refractivity contribution in [3.8, 4) is 0 Å². The molecular formula is C58H106O6. The number of carbonyl (C=O) groups is 3. The van der Waals surface area contributed by atoms with Crippen molar-refractivity contribution >= 4 is 17.9 Å². The fraction of sp³-hybridized carbons (Fsp3) is 0.845. The minimum absolute atomic E-state index is 0.0737. The van der Waals surface area contributed by atoms with Crippen LogP contribution in [0.4, 0.5) is 0 Å². The first-order valence-electron chi connectivity index (χ1n) is 28.0. The van der Waals surface area contributed by atoms with E-state index < -0.39 is 6.10 Å². The molecule has 0 unspecified atom stereocenters. The minimum atomic E-state index is -0.773. The van der Waals surface area contributed by atoms with Crippen molar-refractivity contribution < 1.29 is 28.6 Å². The highest BCUT2D eigenvalue weighted by Gasteiger charge is 2.19. The Hall–Kier alpha value is -2.37. The Bertz CT molecular complexity index is 1080. The molecule has 0 aliphatic carbocycles. The molecule has 0 aliphatic rings. The van der Waals surface area contributed by atoms with Gasteiger partial charge in [-0.2, -0.15) is 0 Å². The van der Waals surface area contributed by atoms with Crippen LogP contribution in [0.25, 0.3) is 0 Å². The van der Waals surface area contributed by atoms with Crippen molar-refractivity contribution in [2.45, 2.75) is 303 Å².